The van der Waals surface area contributed by atoms with Crippen LogP contribution in [0.3, 0.4) is 0 Å². The molecule has 1 aromatic carbocycles. The second-order valence-corrected chi connectivity index (χ2v) is 4.46. The molecule has 0 saturated carbocycles. The van der Waals surface area contributed by atoms with Crippen LogP contribution in [0.2, 0.25) is 0 Å². The van der Waals surface area contributed by atoms with Gasteiger partial charge < -0.3 is 5.11 Å². The highest BCUT2D eigenvalue weighted by Crippen LogP contribution is 2.22. The van der Waals surface area contributed by atoms with E-state index in [0.717, 1.165) is 22.3 Å². The molecule has 4 nitrogen and oxygen atoms in total. The zero-order valence-corrected chi connectivity index (χ0v) is 10.7. The maximum Gasteiger partial charge on any atom is 0.335 e. The monoisotopic (exact) mass is 264 g/mol. The van der Waals surface area contributed by atoms with Crippen molar-refractivity contribution < 1.29 is 9.90 Å². The number of hydrogen-bond acceptors (Lipinski definition) is 2. The molecule has 0 fully saturated rings. The quantitative estimate of drug-likeness (QED) is 0.790. The normalized spacial score (nSPS) is 10.6. The molecule has 0 aliphatic rings. The van der Waals surface area contributed by atoms with Crippen LogP contribution < -0.4 is 0 Å². The zero-order valence-electron chi connectivity index (χ0n) is 10.7. The summed E-state index contributed by atoms with van der Waals surface area (Å²) in [5, 5.41) is 8.91. The smallest absolute Gasteiger partial charge is 0.335 e. The van der Waals surface area contributed by atoms with E-state index >= 15 is 0 Å². The first-order valence-electron chi connectivity index (χ1n) is 6.11. The number of pyridine rings is 1. The third-order valence-electron chi connectivity index (χ3n) is 3.24. The Labute approximate surface area is 115 Å². The van der Waals surface area contributed by atoms with Crippen LogP contribution in [0.5, 0.6) is 0 Å². The Morgan fingerprint density at radius 2 is 1.80 bits per heavy atom. The van der Waals surface area contributed by atoms with Crippen LogP contribution in [0.25, 0.3) is 11.1 Å². The van der Waals surface area contributed by atoms with Gasteiger partial charge in [-0.1, -0.05) is 24.8 Å². The summed E-state index contributed by atoms with van der Waals surface area (Å²) < 4.78 is 1.95. The summed E-state index contributed by atoms with van der Waals surface area (Å²) in [7, 11) is 0. The Morgan fingerprint density at radius 1 is 1.10 bits per heavy atom. The average Bonchev–Trinajstić information content (AvgIpc) is 2.95. The van der Waals surface area contributed by atoms with Gasteiger partial charge in [-0.2, -0.15) is 0 Å². The number of aromatic nitrogens is 2. The Balaban J connectivity index is 2.04. The van der Waals surface area contributed by atoms with Crippen LogP contribution in [0.4, 0.5) is 0 Å². The fraction of sp³-hybridized carbons (Fsp3) is 0. The number of carbonyl (C=O) groups is 1. The van der Waals surface area contributed by atoms with Gasteiger partial charge in [-0.15, -0.1) is 0 Å². The zero-order chi connectivity index (χ0) is 14.1. The first-order valence-corrected chi connectivity index (χ1v) is 6.11. The molecular weight excluding hydrogens is 252 g/mol. The molecule has 0 amide bonds. The summed E-state index contributed by atoms with van der Waals surface area (Å²) in [5.74, 6) is -0.932. The first-order chi connectivity index (χ1) is 9.66. The topological polar surface area (TPSA) is 54.6 Å². The standard InChI is InChI=1S/C16H12N2O2/c1-11(12-5-7-13(8-6-12)16(19)20)15-4-2-3-14-9-17-10-18(14)15/h2-10H,1H2,(H,19,20). The fourth-order valence-corrected chi connectivity index (χ4v) is 2.16. The SMILES string of the molecule is C=C(c1ccc(C(=O)O)cc1)c1cccc2cncn12. The summed E-state index contributed by atoms with van der Waals surface area (Å²) >= 11 is 0. The van der Waals surface area contributed by atoms with Crippen molar-refractivity contribution in [2.24, 2.45) is 0 Å². The van der Waals surface area contributed by atoms with Gasteiger partial charge >= 0.3 is 5.97 Å². The lowest BCUT2D eigenvalue weighted by Gasteiger charge is -2.09. The van der Waals surface area contributed by atoms with Gasteiger partial charge in [-0.25, -0.2) is 9.78 Å². The van der Waals surface area contributed by atoms with Crippen molar-refractivity contribution >= 4 is 17.1 Å². The molecule has 0 aliphatic heterocycles. The molecular formula is C16H12N2O2. The van der Waals surface area contributed by atoms with Crippen molar-refractivity contribution in [2.75, 3.05) is 0 Å². The van der Waals surface area contributed by atoms with Gasteiger partial charge in [-0.3, -0.25) is 4.40 Å². The predicted molar refractivity (Wildman–Crippen MR) is 76.7 cm³/mol. The van der Waals surface area contributed by atoms with Crippen LogP contribution in [0.15, 0.2) is 61.6 Å². The van der Waals surface area contributed by atoms with Crippen LogP contribution in [0, 0.1) is 0 Å². The second kappa shape index (κ2) is 4.66. The van der Waals surface area contributed by atoms with Gasteiger partial charge in [0, 0.05) is 0 Å². The molecule has 2 heterocycles. The number of hydrogen-bond donors (Lipinski definition) is 1. The highest BCUT2D eigenvalue weighted by Gasteiger charge is 2.08. The van der Waals surface area contributed by atoms with E-state index < -0.39 is 5.97 Å². The third-order valence-corrected chi connectivity index (χ3v) is 3.24. The Kier molecular flexibility index (Phi) is 2.84. The molecule has 0 spiro atoms. The van der Waals surface area contributed by atoms with Gasteiger partial charge in [0.15, 0.2) is 0 Å². The van der Waals surface area contributed by atoms with Gasteiger partial charge in [0.2, 0.25) is 0 Å². The number of imidazole rings is 1. The van der Waals surface area contributed by atoms with E-state index in [0.29, 0.717) is 0 Å². The minimum Gasteiger partial charge on any atom is -0.478 e. The van der Waals surface area contributed by atoms with Crippen molar-refractivity contribution in [3.05, 3.63) is 78.4 Å². The molecule has 0 radical (unpaired) electrons. The van der Waals surface area contributed by atoms with E-state index in [9.17, 15) is 4.79 Å². The number of rotatable bonds is 3. The molecule has 4 heteroatoms. The van der Waals surface area contributed by atoms with Crippen LogP contribution in [0.1, 0.15) is 21.6 Å². The van der Waals surface area contributed by atoms with E-state index in [4.69, 9.17) is 5.11 Å². The average molecular weight is 264 g/mol. The lowest BCUT2D eigenvalue weighted by atomic mass is 10.0. The minimum atomic E-state index is -0.932. The van der Waals surface area contributed by atoms with Crippen molar-refractivity contribution in [3.8, 4) is 0 Å². The first kappa shape index (κ1) is 12.2. The predicted octanol–water partition coefficient (Wildman–Crippen LogP) is 3.09. The number of benzene rings is 1. The molecule has 0 bridgehead atoms. The third kappa shape index (κ3) is 1.97. The summed E-state index contributed by atoms with van der Waals surface area (Å²) in [6.07, 6.45) is 3.52. The van der Waals surface area contributed by atoms with E-state index in [1.165, 1.54) is 0 Å². The molecule has 1 N–H and O–H groups in total. The summed E-state index contributed by atoms with van der Waals surface area (Å²) in [6.45, 7) is 4.10. The molecule has 0 aliphatic carbocycles. The number of carboxylic acids is 1. The minimum absolute atomic E-state index is 0.266. The maximum atomic E-state index is 10.9. The Morgan fingerprint density at radius 3 is 2.50 bits per heavy atom. The van der Waals surface area contributed by atoms with Crippen LogP contribution in [-0.2, 0) is 0 Å². The molecule has 0 saturated heterocycles. The molecule has 3 rings (SSSR count). The van der Waals surface area contributed by atoms with Gasteiger partial charge in [-0.05, 0) is 35.4 Å². The van der Waals surface area contributed by atoms with Crippen molar-refractivity contribution in [2.45, 2.75) is 0 Å². The largest absolute Gasteiger partial charge is 0.478 e. The van der Waals surface area contributed by atoms with Gasteiger partial charge in [0.1, 0.15) is 0 Å². The lowest BCUT2D eigenvalue weighted by molar-refractivity contribution is 0.0697. The second-order valence-electron chi connectivity index (χ2n) is 4.46. The van der Waals surface area contributed by atoms with E-state index in [-0.39, 0.29) is 5.56 Å². The molecule has 20 heavy (non-hydrogen) atoms. The Bertz CT molecular complexity index is 801. The number of aromatic carboxylic acids is 1. The molecule has 0 atom stereocenters. The van der Waals surface area contributed by atoms with E-state index in [2.05, 4.69) is 11.6 Å². The highest BCUT2D eigenvalue weighted by atomic mass is 16.4. The van der Waals surface area contributed by atoms with E-state index in [1.807, 2.05) is 22.6 Å². The van der Waals surface area contributed by atoms with Crippen LogP contribution in [-0.4, -0.2) is 20.5 Å². The van der Waals surface area contributed by atoms with Crippen molar-refractivity contribution in [1.29, 1.82) is 0 Å². The summed E-state index contributed by atoms with van der Waals surface area (Å²) in [5.41, 5.74) is 3.90. The molecule has 98 valence electrons. The molecule has 3 aromatic rings. The van der Waals surface area contributed by atoms with Gasteiger partial charge in [0.25, 0.3) is 0 Å². The summed E-state index contributed by atoms with van der Waals surface area (Å²) in [6, 6.07) is 12.6. The highest BCUT2D eigenvalue weighted by molar-refractivity contribution is 5.88. The maximum absolute atomic E-state index is 10.9. The summed E-state index contributed by atoms with van der Waals surface area (Å²) in [4.78, 5) is 15.0. The van der Waals surface area contributed by atoms with E-state index in [1.54, 1.807) is 36.8 Å². The number of carboxylic acid groups (broad SMARTS) is 1. The van der Waals surface area contributed by atoms with Crippen molar-refractivity contribution in [1.82, 2.24) is 9.38 Å². The van der Waals surface area contributed by atoms with Crippen molar-refractivity contribution in [3.63, 3.8) is 0 Å². The number of nitrogens with zero attached hydrogens (tertiary/aromatic N) is 2. The van der Waals surface area contributed by atoms with Crippen LogP contribution >= 0.6 is 0 Å². The number of fused-ring (bicyclic) bond motifs is 1. The molecule has 0 unspecified atom stereocenters. The van der Waals surface area contributed by atoms with Gasteiger partial charge in [0.05, 0.1) is 29.3 Å². The lowest BCUT2D eigenvalue weighted by Crippen LogP contribution is -1.98. The molecule has 2 aromatic heterocycles. The Hall–Kier alpha value is -2.88. The fourth-order valence-electron chi connectivity index (χ4n) is 2.16.